The Balaban J connectivity index is 1.92. The molecular weight excluding hydrogens is 264 g/mol. The molecule has 5 nitrogen and oxygen atoms in total. The molecule has 1 fully saturated rings. The van der Waals surface area contributed by atoms with Gasteiger partial charge in [0.25, 0.3) is 0 Å². The summed E-state index contributed by atoms with van der Waals surface area (Å²) in [5, 5.41) is 9.19. The number of nitrogens with zero attached hydrogens (tertiary/aromatic N) is 1. The van der Waals surface area contributed by atoms with E-state index in [0.29, 0.717) is 31.0 Å². The molecule has 0 aromatic heterocycles. The molecule has 1 atom stereocenters. The van der Waals surface area contributed by atoms with Crippen molar-refractivity contribution in [1.82, 2.24) is 4.90 Å². The van der Waals surface area contributed by atoms with Crippen LogP contribution in [0.25, 0.3) is 0 Å². The van der Waals surface area contributed by atoms with Crippen LogP contribution in [0.2, 0.25) is 0 Å². The molecule has 1 aromatic carbocycles. The van der Waals surface area contributed by atoms with E-state index in [2.05, 4.69) is 0 Å². The van der Waals surface area contributed by atoms with Gasteiger partial charge in [0.2, 0.25) is 5.91 Å². The molecule has 1 unspecified atom stereocenters. The third-order valence-electron chi connectivity index (χ3n) is 3.20. The molecule has 6 heteroatoms. The van der Waals surface area contributed by atoms with Crippen LogP contribution in [0.1, 0.15) is 5.56 Å². The normalized spacial score (nSPS) is 18.3. The second-order valence-electron chi connectivity index (χ2n) is 4.65. The van der Waals surface area contributed by atoms with E-state index in [1.807, 2.05) is 0 Å². The van der Waals surface area contributed by atoms with Gasteiger partial charge >= 0.3 is 0 Å². The van der Waals surface area contributed by atoms with Gasteiger partial charge in [0, 0.05) is 35.4 Å². The van der Waals surface area contributed by atoms with Crippen LogP contribution in [0.4, 0.5) is 0 Å². The number of amides is 1. The molecule has 104 valence electrons. The van der Waals surface area contributed by atoms with Gasteiger partial charge in [-0.1, -0.05) is 12.1 Å². The van der Waals surface area contributed by atoms with Crippen LogP contribution in [-0.4, -0.2) is 50.8 Å². The average molecular weight is 282 g/mol. The Morgan fingerprint density at radius 3 is 2.47 bits per heavy atom. The lowest BCUT2D eigenvalue weighted by Crippen LogP contribution is -2.49. The van der Waals surface area contributed by atoms with Gasteiger partial charge in [-0.25, -0.2) is 0 Å². The van der Waals surface area contributed by atoms with Crippen LogP contribution in [0, 0.1) is 0 Å². The Morgan fingerprint density at radius 1 is 1.32 bits per heavy atom. The molecule has 0 aliphatic carbocycles. The molecule has 1 saturated heterocycles. The number of rotatable bonds is 3. The summed E-state index contributed by atoms with van der Waals surface area (Å²) in [4.78, 5) is 13.8. The van der Waals surface area contributed by atoms with Crippen molar-refractivity contribution in [2.45, 2.75) is 12.5 Å². The first-order valence-corrected chi connectivity index (χ1v) is 7.72. The highest BCUT2D eigenvalue weighted by Gasteiger charge is 2.24. The predicted molar refractivity (Wildman–Crippen MR) is 74.2 cm³/mol. The van der Waals surface area contributed by atoms with Gasteiger partial charge in [-0.05, 0) is 24.1 Å². The molecule has 0 spiro atoms. The number of nitrogens with two attached hydrogens (primary N) is 1. The highest BCUT2D eigenvalue weighted by molar-refractivity contribution is 7.85. The molecule has 0 bridgehead atoms. The standard InChI is InChI=1S/C13H18N2O3S/c14-12(9-10-1-3-11(16)4-2-10)13(17)15-5-7-19(18)8-6-15/h1-4,12,16H,5-9,14H2. The Labute approximate surface area is 114 Å². The van der Waals surface area contributed by atoms with Crippen LogP contribution in [0.3, 0.4) is 0 Å². The minimum atomic E-state index is -0.794. The SMILES string of the molecule is NC(Cc1ccc(O)cc1)C(=O)N1CCS(=O)CC1. The second-order valence-corrected chi connectivity index (χ2v) is 6.35. The van der Waals surface area contributed by atoms with Crippen molar-refractivity contribution >= 4 is 16.7 Å². The van der Waals surface area contributed by atoms with E-state index < -0.39 is 16.8 Å². The van der Waals surface area contributed by atoms with Gasteiger partial charge in [0.1, 0.15) is 5.75 Å². The fourth-order valence-electron chi connectivity index (χ4n) is 2.07. The number of carbonyl (C=O) groups is 1. The highest BCUT2D eigenvalue weighted by atomic mass is 32.2. The molecule has 1 amide bonds. The van der Waals surface area contributed by atoms with E-state index in [0.717, 1.165) is 5.56 Å². The van der Waals surface area contributed by atoms with Crippen molar-refractivity contribution in [1.29, 1.82) is 0 Å². The number of benzene rings is 1. The van der Waals surface area contributed by atoms with Crippen LogP contribution in [0.15, 0.2) is 24.3 Å². The number of carbonyl (C=O) groups excluding carboxylic acids is 1. The lowest BCUT2D eigenvalue weighted by molar-refractivity contribution is -0.132. The Kier molecular flexibility index (Phi) is 4.55. The predicted octanol–water partition coefficient (Wildman–Crippen LogP) is -0.147. The molecular formula is C13H18N2O3S. The first kappa shape index (κ1) is 14.0. The Hall–Kier alpha value is -1.40. The zero-order valence-electron chi connectivity index (χ0n) is 10.6. The summed E-state index contributed by atoms with van der Waals surface area (Å²) in [6.07, 6.45) is 0.443. The summed E-state index contributed by atoms with van der Waals surface area (Å²) in [7, 11) is -0.794. The summed E-state index contributed by atoms with van der Waals surface area (Å²) in [6, 6.07) is 6.09. The number of aromatic hydroxyl groups is 1. The quantitative estimate of drug-likeness (QED) is 0.808. The molecule has 0 saturated carbocycles. The summed E-state index contributed by atoms with van der Waals surface area (Å²) < 4.78 is 11.2. The minimum absolute atomic E-state index is 0.0928. The summed E-state index contributed by atoms with van der Waals surface area (Å²) in [5.74, 6) is 1.18. The van der Waals surface area contributed by atoms with Crippen molar-refractivity contribution in [3.63, 3.8) is 0 Å². The van der Waals surface area contributed by atoms with Crippen LogP contribution in [-0.2, 0) is 22.0 Å². The lowest BCUT2D eigenvalue weighted by atomic mass is 10.1. The first-order chi connectivity index (χ1) is 9.06. The number of phenolic OH excluding ortho intramolecular Hbond substituents is 1. The highest BCUT2D eigenvalue weighted by Crippen LogP contribution is 2.12. The molecule has 1 heterocycles. The fourth-order valence-corrected chi connectivity index (χ4v) is 3.12. The van der Waals surface area contributed by atoms with Gasteiger partial charge < -0.3 is 15.7 Å². The minimum Gasteiger partial charge on any atom is -0.508 e. The molecule has 2 rings (SSSR count). The number of hydrogen-bond acceptors (Lipinski definition) is 4. The summed E-state index contributed by atoms with van der Waals surface area (Å²) >= 11 is 0. The largest absolute Gasteiger partial charge is 0.508 e. The molecule has 1 aliphatic heterocycles. The van der Waals surface area contributed by atoms with Crippen molar-refractivity contribution in [2.75, 3.05) is 24.6 Å². The molecule has 1 aliphatic rings. The molecule has 19 heavy (non-hydrogen) atoms. The topological polar surface area (TPSA) is 83.6 Å². The second kappa shape index (κ2) is 6.16. The zero-order valence-corrected chi connectivity index (χ0v) is 11.4. The third-order valence-corrected chi connectivity index (χ3v) is 4.47. The third kappa shape index (κ3) is 3.78. The van der Waals surface area contributed by atoms with Crippen LogP contribution >= 0.6 is 0 Å². The van der Waals surface area contributed by atoms with E-state index in [9.17, 15) is 14.1 Å². The first-order valence-electron chi connectivity index (χ1n) is 6.23. The summed E-state index contributed by atoms with van der Waals surface area (Å²) in [5.41, 5.74) is 6.84. The van der Waals surface area contributed by atoms with E-state index in [1.54, 1.807) is 29.2 Å². The maximum Gasteiger partial charge on any atom is 0.239 e. The monoisotopic (exact) mass is 282 g/mol. The number of phenols is 1. The van der Waals surface area contributed by atoms with Gasteiger partial charge in [-0.15, -0.1) is 0 Å². The van der Waals surface area contributed by atoms with Crippen molar-refractivity contribution < 1.29 is 14.1 Å². The molecule has 0 radical (unpaired) electrons. The van der Waals surface area contributed by atoms with Crippen molar-refractivity contribution in [2.24, 2.45) is 5.73 Å². The van der Waals surface area contributed by atoms with Gasteiger partial charge in [-0.3, -0.25) is 9.00 Å². The van der Waals surface area contributed by atoms with E-state index >= 15 is 0 Å². The number of hydrogen-bond donors (Lipinski definition) is 2. The smallest absolute Gasteiger partial charge is 0.239 e. The van der Waals surface area contributed by atoms with E-state index in [4.69, 9.17) is 5.73 Å². The van der Waals surface area contributed by atoms with Crippen molar-refractivity contribution in [3.05, 3.63) is 29.8 Å². The summed E-state index contributed by atoms with van der Waals surface area (Å²) in [6.45, 7) is 1.05. The maximum absolute atomic E-state index is 12.1. The van der Waals surface area contributed by atoms with Gasteiger partial charge in [-0.2, -0.15) is 0 Å². The Morgan fingerprint density at radius 2 is 1.89 bits per heavy atom. The van der Waals surface area contributed by atoms with E-state index in [1.165, 1.54) is 0 Å². The maximum atomic E-state index is 12.1. The Bertz CT molecular complexity index is 465. The molecule has 3 N–H and O–H groups in total. The lowest BCUT2D eigenvalue weighted by Gasteiger charge is -2.28. The van der Waals surface area contributed by atoms with Crippen LogP contribution < -0.4 is 5.73 Å². The van der Waals surface area contributed by atoms with E-state index in [-0.39, 0.29) is 11.7 Å². The fraction of sp³-hybridized carbons (Fsp3) is 0.462. The molecule has 1 aromatic rings. The van der Waals surface area contributed by atoms with Crippen molar-refractivity contribution in [3.8, 4) is 5.75 Å². The average Bonchev–Trinajstić information content (AvgIpc) is 2.41. The van der Waals surface area contributed by atoms with Gasteiger partial charge in [0.05, 0.1) is 6.04 Å². The van der Waals surface area contributed by atoms with Gasteiger partial charge in [0.15, 0.2) is 0 Å². The van der Waals surface area contributed by atoms with Crippen LogP contribution in [0.5, 0.6) is 5.75 Å². The zero-order chi connectivity index (χ0) is 13.8.